The molecular weight excluding hydrogens is 448 g/mol. The third kappa shape index (κ3) is 5.85. The summed E-state index contributed by atoms with van der Waals surface area (Å²) in [5, 5.41) is 0.351. The number of fused-ring (bicyclic) bond motifs is 1. The Kier molecular flexibility index (Phi) is 7.52. The quantitative estimate of drug-likeness (QED) is 0.472. The highest BCUT2D eigenvalue weighted by molar-refractivity contribution is 7.22. The summed E-state index contributed by atoms with van der Waals surface area (Å²) in [5.74, 6) is -0.963. The summed E-state index contributed by atoms with van der Waals surface area (Å²) in [5.41, 5.74) is 0.548. The second-order valence-electron chi connectivity index (χ2n) is 8.19. The molecule has 0 spiro atoms. The lowest BCUT2D eigenvalue weighted by molar-refractivity contribution is 0.0376. The van der Waals surface area contributed by atoms with Gasteiger partial charge in [0.25, 0.3) is 5.91 Å². The molecule has 1 saturated heterocycles. The number of aromatic nitrogens is 1. The molecule has 1 aliphatic rings. The van der Waals surface area contributed by atoms with Crippen molar-refractivity contribution in [3.63, 3.8) is 0 Å². The molecule has 0 atom stereocenters. The Balaban J connectivity index is 1.57. The molecule has 0 aliphatic carbocycles. The van der Waals surface area contributed by atoms with Crippen LogP contribution in [-0.2, 0) is 4.74 Å². The maximum Gasteiger partial charge on any atom is 0.260 e. The predicted octanol–water partition coefficient (Wildman–Crippen LogP) is 4.73. The van der Waals surface area contributed by atoms with Crippen molar-refractivity contribution in [2.45, 2.75) is 26.4 Å². The lowest BCUT2D eigenvalue weighted by Crippen LogP contribution is -2.39. The number of carbonyl (C=O) groups is 1. The van der Waals surface area contributed by atoms with Gasteiger partial charge in [0.1, 0.15) is 17.1 Å². The fourth-order valence-electron chi connectivity index (χ4n) is 3.73. The summed E-state index contributed by atoms with van der Waals surface area (Å²) in [6.07, 6.45) is 0.744. The number of amides is 1. The summed E-state index contributed by atoms with van der Waals surface area (Å²) < 4.78 is 39.4. The highest BCUT2D eigenvalue weighted by atomic mass is 32.1. The lowest BCUT2D eigenvalue weighted by Gasteiger charge is -2.27. The van der Waals surface area contributed by atoms with Crippen LogP contribution in [0, 0.1) is 11.6 Å². The summed E-state index contributed by atoms with van der Waals surface area (Å²) >= 11 is 1.11. The van der Waals surface area contributed by atoms with Gasteiger partial charge in [0.2, 0.25) is 0 Å². The molecule has 1 amide bonds. The third-order valence-corrected chi connectivity index (χ3v) is 6.34. The molecule has 1 fully saturated rings. The number of halogens is 2. The number of ether oxygens (including phenoxy) is 2. The zero-order valence-corrected chi connectivity index (χ0v) is 19.5. The van der Waals surface area contributed by atoms with E-state index in [0.29, 0.717) is 47.3 Å². The second kappa shape index (κ2) is 10.5. The number of rotatable bonds is 8. The molecule has 1 aromatic heterocycles. The van der Waals surface area contributed by atoms with Gasteiger partial charge in [-0.3, -0.25) is 14.6 Å². The average Bonchev–Trinajstić information content (AvgIpc) is 3.21. The standard InChI is InChI=1S/C24H27F2N3O3S/c1-16(2)32-19-6-4-17(5-7-19)23(30)29(9-3-8-28-10-12-31-13-11-28)24-27-22-20(26)14-18(25)15-21(22)33-24/h4-7,14-16H,3,8-13H2,1-2H3. The molecule has 2 heterocycles. The van der Waals surface area contributed by atoms with Gasteiger partial charge < -0.3 is 9.47 Å². The molecule has 9 heteroatoms. The number of hydrogen-bond donors (Lipinski definition) is 0. The molecule has 0 N–H and O–H groups in total. The summed E-state index contributed by atoms with van der Waals surface area (Å²) in [7, 11) is 0. The maximum absolute atomic E-state index is 14.3. The zero-order chi connectivity index (χ0) is 23.4. The number of carbonyl (C=O) groups excluding carboxylic acids is 1. The molecule has 2 aromatic carbocycles. The van der Waals surface area contributed by atoms with Crippen molar-refractivity contribution in [3.8, 4) is 5.75 Å². The molecule has 6 nitrogen and oxygen atoms in total. The first-order valence-electron chi connectivity index (χ1n) is 11.0. The largest absolute Gasteiger partial charge is 0.491 e. The van der Waals surface area contributed by atoms with Gasteiger partial charge in [0, 0.05) is 37.8 Å². The van der Waals surface area contributed by atoms with Gasteiger partial charge in [-0.15, -0.1) is 0 Å². The molecule has 0 unspecified atom stereocenters. The topological polar surface area (TPSA) is 54.9 Å². The minimum absolute atomic E-state index is 0.0290. The molecule has 3 aromatic rings. The van der Waals surface area contributed by atoms with Crippen molar-refractivity contribution in [1.82, 2.24) is 9.88 Å². The van der Waals surface area contributed by atoms with Gasteiger partial charge in [-0.1, -0.05) is 11.3 Å². The first-order chi connectivity index (χ1) is 15.9. The van der Waals surface area contributed by atoms with E-state index >= 15 is 0 Å². The van der Waals surface area contributed by atoms with E-state index in [1.807, 2.05) is 13.8 Å². The van der Waals surface area contributed by atoms with Crippen LogP contribution in [0.1, 0.15) is 30.6 Å². The van der Waals surface area contributed by atoms with Gasteiger partial charge in [-0.2, -0.15) is 0 Å². The minimum atomic E-state index is -0.733. The molecule has 0 bridgehead atoms. The smallest absolute Gasteiger partial charge is 0.260 e. The lowest BCUT2D eigenvalue weighted by atomic mass is 10.2. The molecule has 33 heavy (non-hydrogen) atoms. The normalized spacial score (nSPS) is 14.7. The van der Waals surface area contributed by atoms with E-state index < -0.39 is 11.6 Å². The van der Waals surface area contributed by atoms with Crippen LogP contribution in [0.4, 0.5) is 13.9 Å². The summed E-state index contributed by atoms with van der Waals surface area (Å²) in [6, 6.07) is 8.99. The number of benzene rings is 2. The van der Waals surface area contributed by atoms with Crippen LogP contribution in [0.15, 0.2) is 36.4 Å². The monoisotopic (exact) mass is 475 g/mol. The van der Waals surface area contributed by atoms with Crippen molar-refractivity contribution in [3.05, 3.63) is 53.6 Å². The van der Waals surface area contributed by atoms with Crippen LogP contribution in [-0.4, -0.2) is 61.3 Å². The Bertz CT molecular complexity index is 1100. The van der Waals surface area contributed by atoms with Crippen molar-refractivity contribution >= 4 is 32.6 Å². The molecule has 176 valence electrons. The number of anilines is 1. The van der Waals surface area contributed by atoms with E-state index in [1.165, 1.54) is 6.07 Å². The van der Waals surface area contributed by atoms with Gasteiger partial charge >= 0.3 is 0 Å². The summed E-state index contributed by atoms with van der Waals surface area (Å²) in [4.78, 5) is 21.6. The second-order valence-corrected chi connectivity index (χ2v) is 9.20. The number of thiazole rings is 1. The van der Waals surface area contributed by atoms with Crippen molar-refractivity contribution in [2.24, 2.45) is 0 Å². The Hall–Kier alpha value is -2.62. The van der Waals surface area contributed by atoms with E-state index in [-0.39, 0.29) is 17.5 Å². The van der Waals surface area contributed by atoms with Gasteiger partial charge in [-0.25, -0.2) is 13.8 Å². The maximum atomic E-state index is 14.3. The molecule has 1 aliphatic heterocycles. The highest BCUT2D eigenvalue weighted by Crippen LogP contribution is 2.32. The molecule has 4 rings (SSSR count). The van der Waals surface area contributed by atoms with E-state index in [1.54, 1.807) is 29.2 Å². The predicted molar refractivity (Wildman–Crippen MR) is 125 cm³/mol. The Morgan fingerprint density at radius 2 is 1.94 bits per heavy atom. The van der Waals surface area contributed by atoms with Crippen molar-refractivity contribution in [2.75, 3.05) is 44.3 Å². The molecular formula is C24H27F2N3O3S. The van der Waals surface area contributed by atoms with Crippen LogP contribution < -0.4 is 9.64 Å². The van der Waals surface area contributed by atoms with Gasteiger partial charge in [0.15, 0.2) is 10.9 Å². The number of nitrogens with zero attached hydrogens (tertiary/aromatic N) is 3. The van der Waals surface area contributed by atoms with Crippen LogP contribution in [0.25, 0.3) is 10.2 Å². The fraction of sp³-hybridized carbons (Fsp3) is 0.417. The van der Waals surface area contributed by atoms with Crippen LogP contribution >= 0.6 is 11.3 Å². The van der Waals surface area contributed by atoms with E-state index in [9.17, 15) is 13.6 Å². The number of hydrogen-bond acceptors (Lipinski definition) is 6. The fourth-order valence-corrected chi connectivity index (χ4v) is 4.76. The Morgan fingerprint density at radius 3 is 2.64 bits per heavy atom. The van der Waals surface area contributed by atoms with Gasteiger partial charge in [-0.05, 0) is 50.6 Å². The van der Waals surface area contributed by atoms with E-state index in [4.69, 9.17) is 9.47 Å². The third-order valence-electron chi connectivity index (χ3n) is 5.31. The first kappa shape index (κ1) is 23.5. The molecule has 0 radical (unpaired) electrons. The average molecular weight is 476 g/mol. The Labute approximate surface area is 195 Å². The van der Waals surface area contributed by atoms with Crippen LogP contribution in [0.3, 0.4) is 0 Å². The van der Waals surface area contributed by atoms with E-state index in [0.717, 1.165) is 37.0 Å². The van der Waals surface area contributed by atoms with Crippen LogP contribution in [0.2, 0.25) is 0 Å². The highest BCUT2D eigenvalue weighted by Gasteiger charge is 2.23. The minimum Gasteiger partial charge on any atom is -0.491 e. The van der Waals surface area contributed by atoms with Crippen molar-refractivity contribution < 1.29 is 23.0 Å². The van der Waals surface area contributed by atoms with Crippen molar-refractivity contribution in [1.29, 1.82) is 0 Å². The Morgan fingerprint density at radius 1 is 1.21 bits per heavy atom. The SMILES string of the molecule is CC(C)Oc1ccc(C(=O)N(CCCN2CCOCC2)c2nc3c(F)cc(F)cc3s2)cc1. The summed E-state index contributed by atoms with van der Waals surface area (Å²) in [6.45, 7) is 8.21. The number of morpholine rings is 1. The van der Waals surface area contributed by atoms with Gasteiger partial charge in [0.05, 0.1) is 24.0 Å². The zero-order valence-electron chi connectivity index (χ0n) is 18.7. The van der Waals surface area contributed by atoms with Crippen LogP contribution in [0.5, 0.6) is 5.75 Å². The first-order valence-corrected chi connectivity index (χ1v) is 11.9. The van der Waals surface area contributed by atoms with E-state index in [2.05, 4.69) is 9.88 Å². The molecule has 0 saturated carbocycles.